The van der Waals surface area contributed by atoms with E-state index in [4.69, 9.17) is 4.74 Å². The van der Waals surface area contributed by atoms with E-state index in [1.807, 2.05) is 28.8 Å². The van der Waals surface area contributed by atoms with Gasteiger partial charge < -0.3 is 15.0 Å². The molecule has 1 aromatic rings. The fourth-order valence-corrected chi connectivity index (χ4v) is 2.82. The number of aromatic nitrogens is 2. The number of amides is 2. The van der Waals surface area contributed by atoms with E-state index in [0.29, 0.717) is 18.5 Å². The van der Waals surface area contributed by atoms with Gasteiger partial charge in [-0.3, -0.25) is 4.68 Å². The topological polar surface area (TPSA) is 59.4 Å². The number of carbonyl (C=O) groups is 1. The molecular formula is C15H24N4O2. The minimum atomic E-state index is 0.0593. The van der Waals surface area contributed by atoms with Gasteiger partial charge in [0, 0.05) is 43.5 Å². The molecule has 1 aliphatic heterocycles. The average Bonchev–Trinajstić information content (AvgIpc) is 2.94. The van der Waals surface area contributed by atoms with Crippen molar-refractivity contribution in [1.29, 1.82) is 0 Å². The molecule has 2 amide bonds. The lowest BCUT2D eigenvalue weighted by molar-refractivity contribution is 0.160. The van der Waals surface area contributed by atoms with E-state index in [1.165, 1.54) is 0 Å². The molecule has 116 valence electrons. The van der Waals surface area contributed by atoms with Crippen molar-refractivity contribution in [3.63, 3.8) is 0 Å². The van der Waals surface area contributed by atoms with E-state index in [-0.39, 0.29) is 12.1 Å². The number of urea groups is 1. The first-order valence-corrected chi connectivity index (χ1v) is 7.84. The molecule has 2 aliphatic rings. The molecule has 0 spiro atoms. The molecule has 1 saturated heterocycles. The van der Waals surface area contributed by atoms with Gasteiger partial charge in [-0.1, -0.05) is 0 Å². The molecule has 1 N–H and O–H groups in total. The molecule has 6 nitrogen and oxygen atoms in total. The predicted octanol–water partition coefficient (Wildman–Crippen LogP) is 1.48. The van der Waals surface area contributed by atoms with Crippen LogP contribution in [0.3, 0.4) is 0 Å². The quantitative estimate of drug-likeness (QED) is 0.864. The molecular weight excluding hydrogens is 268 g/mol. The van der Waals surface area contributed by atoms with Crippen LogP contribution >= 0.6 is 0 Å². The number of nitrogens with one attached hydrogen (secondary N) is 1. The lowest BCUT2D eigenvalue weighted by atomic mass is 10.1. The summed E-state index contributed by atoms with van der Waals surface area (Å²) in [5.74, 6) is 0.498. The van der Waals surface area contributed by atoms with E-state index in [0.717, 1.165) is 39.0 Å². The van der Waals surface area contributed by atoms with Crippen LogP contribution < -0.4 is 5.32 Å². The number of hydrogen-bond donors (Lipinski definition) is 1. The molecule has 2 atom stereocenters. The normalized spacial score (nSPS) is 23.0. The van der Waals surface area contributed by atoms with Crippen LogP contribution in [0.25, 0.3) is 0 Å². The van der Waals surface area contributed by atoms with Crippen molar-refractivity contribution >= 4 is 6.03 Å². The third kappa shape index (κ3) is 3.97. The minimum absolute atomic E-state index is 0.0593. The first-order chi connectivity index (χ1) is 10.2. The highest BCUT2D eigenvalue weighted by molar-refractivity contribution is 5.75. The maximum Gasteiger partial charge on any atom is 0.317 e. The summed E-state index contributed by atoms with van der Waals surface area (Å²) in [4.78, 5) is 14.5. The molecule has 0 aromatic carbocycles. The molecule has 1 aromatic heterocycles. The SMILES string of the molecule is C[C@@H](Cn1cccn1)NC(=O)N(C[C@@H]1CCOC1)C1CC1. The fourth-order valence-electron chi connectivity index (χ4n) is 2.82. The Balaban J connectivity index is 1.51. The number of rotatable bonds is 6. The molecule has 3 rings (SSSR count). The average molecular weight is 292 g/mol. The van der Waals surface area contributed by atoms with Gasteiger partial charge in [0.05, 0.1) is 13.2 Å². The number of ether oxygens (including phenoxy) is 1. The van der Waals surface area contributed by atoms with Gasteiger partial charge in [0.2, 0.25) is 0 Å². The molecule has 0 bridgehead atoms. The van der Waals surface area contributed by atoms with Crippen LogP contribution in [0, 0.1) is 5.92 Å². The predicted molar refractivity (Wildman–Crippen MR) is 78.9 cm³/mol. The van der Waals surface area contributed by atoms with Crippen LogP contribution in [0.15, 0.2) is 18.5 Å². The molecule has 2 fully saturated rings. The highest BCUT2D eigenvalue weighted by atomic mass is 16.5. The van der Waals surface area contributed by atoms with Crippen molar-refractivity contribution in [1.82, 2.24) is 20.0 Å². The zero-order chi connectivity index (χ0) is 14.7. The van der Waals surface area contributed by atoms with Gasteiger partial charge in [-0.2, -0.15) is 5.10 Å². The second-order valence-electron chi connectivity index (χ2n) is 6.19. The van der Waals surface area contributed by atoms with Gasteiger partial charge in [-0.25, -0.2) is 4.79 Å². The molecule has 0 radical (unpaired) electrons. The van der Waals surface area contributed by atoms with Gasteiger partial charge in [-0.15, -0.1) is 0 Å². The van der Waals surface area contributed by atoms with Crippen molar-refractivity contribution in [2.45, 2.75) is 44.8 Å². The molecule has 0 unspecified atom stereocenters. The van der Waals surface area contributed by atoms with Crippen LogP contribution in [-0.4, -0.2) is 52.6 Å². The summed E-state index contributed by atoms with van der Waals surface area (Å²) in [7, 11) is 0. The zero-order valence-corrected chi connectivity index (χ0v) is 12.6. The Labute approximate surface area is 125 Å². The van der Waals surface area contributed by atoms with E-state index in [9.17, 15) is 4.79 Å². The summed E-state index contributed by atoms with van der Waals surface area (Å²) >= 11 is 0. The molecule has 1 aliphatic carbocycles. The maximum atomic E-state index is 12.5. The monoisotopic (exact) mass is 292 g/mol. The minimum Gasteiger partial charge on any atom is -0.381 e. The van der Waals surface area contributed by atoms with E-state index >= 15 is 0 Å². The Morgan fingerprint density at radius 3 is 3.00 bits per heavy atom. The summed E-state index contributed by atoms with van der Waals surface area (Å²) in [6.07, 6.45) is 7.00. The third-order valence-corrected chi connectivity index (χ3v) is 4.12. The Kier molecular flexibility index (Phi) is 4.43. The largest absolute Gasteiger partial charge is 0.381 e. The lowest BCUT2D eigenvalue weighted by Gasteiger charge is -2.27. The summed E-state index contributed by atoms with van der Waals surface area (Å²) in [5, 5.41) is 7.27. The molecule has 6 heteroatoms. The fraction of sp³-hybridized carbons (Fsp3) is 0.733. The lowest BCUT2D eigenvalue weighted by Crippen LogP contribution is -2.48. The zero-order valence-electron chi connectivity index (χ0n) is 12.6. The Bertz CT molecular complexity index is 452. The van der Waals surface area contributed by atoms with E-state index in [1.54, 1.807) is 6.20 Å². The van der Waals surface area contributed by atoms with Gasteiger partial charge >= 0.3 is 6.03 Å². The third-order valence-electron chi connectivity index (χ3n) is 4.12. The van der Waals surface area contributed by atoms with Crippen molar-refractivity contribution in [2.24, 2.45) is 5.92 Å². The van der Waals surface area contributed by atoms with Crippen molar-refractivity contribution in [2.75, 3.05) is 19.8 Å². The number of nitrogens with zero attached hydrogens (tertiary/aromatic N) is 3. The van der Waals surface area contributed by atoms with E-state index in [2.05, 4.69) is 10.4 Å². The Morgan fingerprint density at radius 1 is 1.52 bits per heavy atom. The first-order valence-electron chi connectivity index (χ1n) is 7.84. The van der Waals surface area contributed by atoms with Crippen LogP contribution in [0.4, 0.5) is 4.79 Å². The number of hydrogen-bond acceptors (Lipinski definition) is 3. The Morgan fingerprint density at radius 2 is 2.38 bits per heavy atom. The first kappa shape index (κ1) is 14.4. The second-order valence-corrected chi connectivity index (χ2v) is 6.19. The highest BCUT2D eigenvalue weighted by Crippen LogP contribution is 2.29. The van der Waals surface area contributed by atoms with Crippen molar-refractivity contribution < 1.29 is 9.53 Å². The van der Waals surface area contributed by atoms with Crippen molar-refractivity contribution in [3.05, 3.63) is 18.5 Å². The highest BCUT2D eigenvalue weighted by Gasteiger charge is 2.35. The van der Waals surface area contributed by atoms with Gasteiger partial charge in [-0.05, 0) is 32.3 Å². The summed E-state index contributed by atoms with van der Waals surface area (Å²) in [6.45, 7) is 5.16. The number of carbonyl (C=O) groups excluding carboxylic acids is 1. The van der Waals surface area contributed by atoms with Gasteiger partial charge in [0.15, 0.2) is 0 Å². The van der Waals surface area contributed by atoms with Gasteiger partial charge in [0.25, 0.3) is 0 Å². The summed E-state index contributed by atoms with van der Waals surface area (Å²) < 4.78 is 7.26. The molecule has 21 heavy (non-hydrogen) atoms. The van der Waals surface area contributed by atoms with Crippen LogP contribution in [0.2, 0.25) is 0 Å². The second kappa shape index (κ2) is 6.47. The molecule has 2 heterocycles. The summed E-state index contributed by atoms with van der Waals surface area (Å²) in [5.41, 5.74) is 0. The smallest absolute Gasteiger partial charge is 0.317 e. The molecule has 1 saturated carbocycles. The van der Waals surface area contributed by atoms with Crippen LogP contribution in [0.5, 0.6) is 0 Å². The summed E-state index contributed by atoms with van der Waals surface area (Å²) in [6, 6.07) is 2.45. The van der Waals surface area contributed by atoms with Gasteiger partial charge in [0.1, 0.15) is 0 Å². The van der Waals surface area contributed by atoms with Crippen LogP contribution in [-0.2, 0) is 11.3 Å². The van der Waals surface area contributed by atoms with Crippen molar-refractivity contribution in [3.8, 4) is 0 Å². The standard InChI is InChI=1S/C15H24N4O2/c1-12(9-18-7-2-6-16-18)17-15(20)19(14-3-4-14)10-13-5-8-21-11-13/h2,6-7,12-14H,3-5,8-11H2,1H3,(H,17,20)/t12-,13-/m0/s1. The maximum absolute atomic E-state index is 12.5. The van der Waals surface area contributed by atoms with E-state index < -0.39 is 0 Å². The van der Waals surface area contributed by atoms with Crippen LogP contribution in [0.1, 0.15) is 26.2 Å². The Hall–Kier alpha value is -1.56.